The topological polar surface area (TPSA) is 124 Å². The molecule has 2 aromatic rings. The monoisotopic (exact) mass is 403 g/mol. The van der Waals surface area contributed by atoms with Crippen molar-refractivity contribution in [3.05, 3.63) is 35.8 Å². The van der Waals surface area contributed by atoms with Crippen molar-refractivity contribution in [1.29, 1.82) is 5.41 Å². The van der Waals surface area contributed by atoms with Crippen LogP contribution < -0.4 is 15.4 Å². The molecule has 0 spiro atoms. The molecule has 0 unspecified atom stereocenters. The Hall–Kier alpha value is -3.27. The van der Waals surface area contributed by atoms with Gasteiger partial charge in [-0.25, -0.2) is 9.37 Å². The number of hydrogen-bond donors (Lipinski definition) is 2. The molecule has 1 fully saturated rings. The minimum Gasteiger partial charge on any atom is -0.480 e. The Kier molecular flexibility index (Phi) is 6.55. The predicted molar refractivity (Wildman–Crippen MR) is 103 cm³/mol. The minimum absolute atomic E-state index is 0.179. The van der Waals surface area contributed by atoms with Gasteiger partial charge in [0.1, 0.15) is 24.7 Å². The van der Waals surface area contributed by atoms with Gasteiger partial charge in [-0.1, -0.05) is 18.2 Å². The number of benzene rings is 1. The predicted octanol–water partition coefficient (Wildman–Crippen LogP) is 1.50. The number of morpholine rings is 1. The van der Waals surface area contributed by atoms with Crippen LogP contribution in [0.15, 0.2) is 24.4 Å². The Labute approximate surface area is 167 Å². The van der Waals surface area contributed by atoms with E-state index in [1.54, 1.807) is 12.1 Å². The van der Waals surface area contributed by atoms with Crippen LogP contribution in [0.5, 0.6) is 5.88 Å². The van der Waals surface area contributed by atoms with E-state index in [9.17, 15) is 4.79 Å². The third-order valence-corrected chi connectivity index (χ3v) is 4.32. The number of ether oxygens (including phenoxy) is 3. The Bertz CT molecular complexity index is 902. The first-order valence-corrected chi connectivity index (χ1v) is 8.99. The zero-order chi connectivity index (χ0) is 20.8. The summed E-state index contributed by atoms with van der Waals surface area (Å²) in [6.07, 6.45) is 1.17. The van der Waals surface area contributed by atoms with Gasteiger partial charge in [0.15, 0.2) is 0 Å². The van der Waals surface area contributed by atoms with Gasteiger partial charge in [-0.2, -0.15) is 4.98 Å². The molecule has 0 bridgehead atoms. The molecule has 3 rings (SSSR count). The van der Waals surface area contributed by atoms with Crippen LogP contribution in [0, 0.1) is 11.2 Å². The quantitative estimate of drug-likeness (QED) is 0.405. The highest BCUT2D eigenvalue weighted by Crippen LogP contribution is 2.32. The second kappa shape index (κ2) is 9.28. The molecule has 0 radical (unpaired) electrons. The average molecular weight is 403 g/mol. The summed E-state index contributed by atoms with van der Waals surface area (Å²) in [6.45, 7) is 2.23. The van der Waals surface area contributed by atoms with Crippen LogP contribution in [0.2, 0.25) is 0 Å². The number of amidine groups is 1. The summed E-state index contributed by atoms with van der Waals surface area (Å²) in [5.41, 5.74) is 5.96. The van der Waals surface area contributed by atoms with Crippen molar-refractivity contribution in [2.45, 2.75) is 13.0 Å². The second-order valence-electron chi connectivity index (χ2n) is 6.33. The van der Waals surface area contributed by atoms with Gasteiger partial charge in [0.25, 0.3) is 0 Å². The Morgan fingerprint density at radius 3 is 2.79 bits per heavy atom. The highest BCUT2D eigenvalue weighted by molar-refractivity contribution is 5.94. The smallest absolute Gasteiger partial charge is 0.313 e. The van der Waals surface area contributed by atoms with Crippen LogP contribution in [0.4, 0.5) is 10.3 Å². The molecule has 0 aliphatic carbocycles. The summed E-state index contributed by atoms with van der Waals surface area (Å²) < 4.78 is 30.7. The zero-order valence-corrected chi connectivity index (χ0v) is 16.0. The van der Waals surface area contributed by atoms with E-state index < -0.39 is 11.8 Å². The number of hydrogen-bond acceptors (Lipinski definition) is 8. The molecule has 1 saturated heterocycles. The van der Waals surface area contributed by atoms with E-state index in [1.165, 1.54) is 19.4 Å². The molecule has 0 atom stereocenters. The number of nitrogens with one attached hydrogen (secondary N) is 1. The van der Waals surface area contributed by atoms with Crippen molar-refractivity contribution in [3.63, 3.8) is 0 Å². The van der Waals surface area contributed by atoms with Gasteiger partial charge in [0.2, 0.25) is 11.8 Å². The van der Waals surface area contributed by atoms with Gasteiger partial charge in [0.05, 0.1) is 25.9 Å². The Morgan fingerprint density at radius 1 is 1.34 bits per heavy atom. The van der Waals surface area contributed by atoms with E-state index in [-0.39, 0.29) is 35.9 Å². The van der Waals surface area contributed by atoms with Crippen LogP contribution in [-0.2, 0) is 20.9 Å². The highest BCUT2D eigenvalue weighted by atomic mass is 19.1. The molecule has 10 heteroatoms. The molecule has 2 heterocycles. The van der Waals surface area contributed by atoms with Crippen molar-refractivity contribution >= 4 is 17.8 Å². The van der Waals surface area contributed by atoms with E-state index in [4.69, 9.17) is 25.4 Å². The van der Waals surface area contributed by atoms with E-state index in [1.807, 2.05) is 4.90 Å². The van der Waals surface area contributed by atoms with Crippen molar-refractivity contribution in [1.82, 2.24) is 9.97 Å². The molecular weight excluding hydrogens is 381 g/mol. The number of carbonyl (C=O) groups is 1. The number of halogens is 1. The van der Waals surface area contributed by atoms with Crippen molar-refractivity contribution in [2.24, 2.45) is 5.73 Å². The maximum absolute atomic E-state index is 15.0. The lowest BCUT2D eigenvalue weighted by Gasteiger charge is -2.27. The number of anilines is 1. The van der Waals surface area contributed by atoms with Gasteiger partial charge < -0.3 is 24.8 Å². The standard InChI is InChI=1S/C19H22FN5O4/c1-27-18-14(10-23-19(24-18)25-5-7-28-8-6-25)13-4-2-3-12(17(13)20)11-29-16(26)9-15(21)22/h2-4,10H,5-9,11H2,1H3,(H3,21,22). The van der Waals surface area contributed by atoms with Crippen LogP contribution in [0.25, 0.3) is 11.1 Å². The molecule has 1 aliphatic rings. The Morgan fingerprint density at radius 2 is 2.10 bits per heavy atom. The SMILES string of the molecule is COc1nc(N2CCOCC2)ncc1-c1cccc(COC(=O)CC(=N)N)c1F. The molecule has 154 valence electrons. The number of aromatic nitrogens is 2. The summed E-state index contributed by atoms with van der Waals surface area (Å²) in [6, 6.07) is 4.73. The maximum Gasteiger partial charge on any atom is 0.313 e. The molecular formula is C19H22FN5O4. The fourth-order valence-corrected chi connectivity index (χ4v) is 2.88. The first-order chi connectivity index (χ1) is 14.0. The fourth-order valence-electron chi connectivity index (χ4n) is 2.88. The average Bonchev–Trinajstić information content (AvgIpc) is 2.73. The summed E-state index contributed by atoms with van der Waals surface area (Å²) in [5, 5.41) is 7.10. The first-order valence-electron chi connectivity index (χ1n) is 8.99. The normalized spacial score (nSPS) is 13.8. The summed E-state index contributed by atoms with van der Waals surface area (Å²) >= 11 is 0. The third kappa shape index (κ3) is 4.96. The Balaban J connectivity index is 1.84. The number of nitrogens with zero attached hydrogens (tertiary/aromatic N) is 3. The van der Waals surface area contributed by atoms with E-state index in [0.717, 1.165) is 0 Å². The number of rotatable bonds is 7. The lowest BCUT2D eigenvalue weighted by Crippen LogP contribution is -2.37. The third-order valence-electron chi connectivity index (χ3n) is 4.32. The summed E-state index contributed by atoms with van der Waals surface area (Å²) in [7, 11) is 1.46. The van der Waals surface area contributed by atoms with Crippen LogP contribution >= 0.6 is 0 Å². The number of methoxy groups -OCH3 is 1. The van der Waals surface area contributed by atoms with Gasteiger partial charge >= 0.3 is 5.97 Å². The summed E-state index contributed by atoms with van der Waals surface area (Å²) in [5.74, 6) is -0.844. The number of esters is 1. The first kappa shape index (κ1) is 20.5. The van der Waals surface area contributed by atoms with Crippen LogP contribution in [0.1, 0.15) is 12.0 Å². The molecule has 29 heavy (non-hydrogen) atoms. The number of carbonyl (C=O) groups excluding carboxylic acids is 1. The zero-order valence-electron chi connectivity index (χ0n) is 16.0. The lowest BCUT2D eigenvalue weighted by atomic mass is 10.0. The lowest BCUT2D eigenvalue weighted by molar-refractivity contribution is -0.143. The van der Waals surface area contributed by atoms with Gasteiger partial charge in [-0.15, -0.1) is 0 Å². The largest absolute Gasteiger partial charge is 0.480 e. The molecule has 1 aromatic heterocycles. The van der Waals surface area contributed by atoms with Crippen LogP contribution in [0.3, 0.4) is 0 Å². The highest BCUT2D eigenvalue weighted by Gasteiger charge is 2.20. The van der Waals surface area contributed by atoms with Gasteiger partial charge in [-0.3, -0.25) is 10.2 Å². The molecule has 0 amide bonds. The van der Waals surface area contributed by atoms with Gasteiger partial charge in [-0.05, 0) is 0 Å². The molecule has 1 aliphatic heterocycles. The van der Waals surface area contributed by atoms with Gasteiger partial charge in [0, 0.05) is 30.4 Å². The van der Waals surface area contributed by atoms with Crippen LogP contribution in [-0.4, -0.2) is 55.2 Å². The molecule has 0 saturated carbocycles. The van der Waals surface area contributed by atoms with Crippen molar-refractivity contribution in [3.8, 4) is 17.0 Å². The van der Waals surface area contributed by atoms with Crippen molar-refractivity contribution < 1.29 is 23.4 Å². The molecule has 1 aromatic carbocycles. The van der Waals surface area contributed by atoms with E-state index in [2.05, 4.69) is 9.97 Å². The van der Waals surface area contributed by atoms with E-state index in [0.29, 0.717) is 37.8 Å². The summed E-state index contributed by atoms with van der Waals surface area (Å²) in [4.78, 5) is 22.3. The second-order valence-corrected chi connectivity index (χ2v) is 6.33. The van der Waals surface area contributed by atoms with E-state index >= 15 is 4.39 Å². The maximum atomic E-state index is 15.0. The fraction of sp³-hybridized carbons (Fsp3) is 0.368. The number of nitrogens with two attached hydrogens (primary N) is 1. The molecule has 9 nitrogen and oxygen atoms in total. The molecule has 3 N–H and O–H groups in total. The van der Waals surface area contributed by atoms with Crippen molar-refractivity contribution in [2.75, 3.05) is 38.3 Å². The minimum atomic E-state index is -0.696.